The molecule has 0 saturated carbocycles. The van der Waals surface area contributed by atoms with E-state index in [1.807, 2.05) is 12.1 Å². The lowest BCUT2D eigenvalue weighted by Crippen LogP contribution is -2.35. The van der Waals surface area contributed by atoms with Crippen molar-refractivity contribution in [2.45, 2.75) is 25.6 Å². The van der Waals surface area contributed by atoms with E-state index in [2.05, 4.69) is 4.90 Å². The molecule has 0 aliphatic carbocycles. The van der Waals surface area contributed by atoms with Gasteiger partial charge in [-0.25, -0.2) is 0 Å². The summed E-state index contributed by atoms with van der Waals surface area (Å²) in [6.45, 7) is 1.68. The first kappa shape index (κ1) is 11.7. The molecule has 0 aromatic heterocycles. The summed E-state index contributed by atoms with van der Waals surface area (Å²) in [5.74, 6) is 0. The van der Waals surface area contributed by atoms with Crippen LogP contribution in [0.15, 0.2) is 18.2 Å². The Kier molecular flexibility index (Phi) is 3.69. The maximum Gasteiger partial charge on any atom is 0.0682 e. The van der Waals surface area contributed by atoms with E-state index in [4.69, 9.17) is 16.7 Å². The van der Waals surface area contributed by atoms with Gasteiger partial charge in [0, 0.05) is 13.1 Å². The molecule has 1 heterocycles. The van der Waals surface area contributed by atoms with Crippen LogP contribution in [0.3, 0.4) is 0 Å². The number of anilines is 1. The van der Waals surface area contributed by atoms with Gasteiger partial charge in [-0.05, 0) is 30.5 Å². The highest BCUT2D eigenvalue weighted by molar-refractivity contribution is 6.33. The molecule has 16 heavy (non-hydrogen) atoms. The molecule has 2 N–H and O–H groups in total. The van der Waals surface area contributed by atoms with Crippen LogP contribution >= 0.6 is 11.6 Å². The predicted octanol–water partition coefficient (Wildman–Crippen LogP) is 1.79. The standard InChI is InChI=1S/C12H16ClNO2/c13-11-7-9(8-15)1-2-12(11)14-5-3-10(16)4-6-14/h1-2,7,10,15-16H,3-6,8H2. The summed E-state index contributed by atoms with van der Waals surface area (Å²) in [5, 5.41) is 19.1. The van der Waals surface area contributed by atoms with Gasteiger partial charge in [0.2, 0.25) is 0 Å². The van der Waals surface area contributed by atoms with Gasteiger partial charge < -0.3 is 15.1 Å². The molecular weight excluding hydrogens is 226 g/mol. The fraction of sp³-hybridized carbons (Fsp3) is 0.500. The van der Waals surface area contributed by atoms with Gasteiger partial charge in [-0.15, -0.1) is 0 Å². The third-order valence-electron chi connectivity index (χ3n) is 3.00. The molecule has 1 fully saturated rings. The van der Waals surface area contributed by atoms with Crippen LogP contribution in [-0.2, 0) is 6.61 Å². The van der Waals surface area contributed by atoms with E-state index in [0.717, 1.165) is 37.2 Å². The Morgan fingerprint density at radius 1 is 1.31 bits per heavy atom. The topological polar surface area (TPSA) is 43.7 Å². The molecule has 1 saturated heterocycles. The van der Waals surface area contributed by atoms with Gasteiger partial charge in [0.25, 0.3) is 0 Å². The fourth-order valence-electron chi connectivity index (χ4n) is 2.01. The van der Waals surface area contributed by atoms with Crippen molar-refractivity contribution >= 4 is 17.3 Å². The van der Waals surface area contributed by atoms with E-state index >= 15 is 0 Å². The van der Waals surface area contributed by atoms with Gasteiger partial charge in [0.05, 0.1) is 23.4 Å². The van der Waals surface area contributed by atoms with Gasteiger partial charge in [0.15, 0.2) is 0 Å². The highest BCUT2D eigenvalue weighted by Crippen LogP contribution is 2.29. The summed E-state index contributed by atoms with van der Waals surface area (Å²) >= 11 is 6.16. The Bertz CT molecular complexity index is 362. The Morgan fingerprint density at radius 3 is 2.56 bits per heavy atom. The Morgan fingerprint density at radius 2 is 2.00 bits per heavy atom. The maximum atomic E-state index is 9.43. The normalized spacial score (nSPS) is 17.8. The van der Waals surface area contributed by atoms with Gasteiger partial charge in [-0.1, -0.05) is 17.7 Å². The SMILES string of the molecule is OCc1ccc(N2CCC(O)CC2)c(Cl)c1. The first-order valence-electron chi connectivity index (χ1n) is 5.53. The minimum Gasteiger partial charge on any atom is -0.393 e. The second kappa shape index (κ2) is 5.04. The third kappa shape index (κ3) is 2.48. The average molecular weight is 242 g/mol. The largest absolute Gasteiger partial charge is 0.393 e. The maximum absolute atomic E-state index is 9.43. The van der Waals surface area contributed by atoms with Crippen LogP contribution in [0.2, 0.25) is 5.02 Å². The number of nitrogens with zero attached hydrogens (tertiary/aromatic N) is 1. The highest BCUT2D eigenvalue weighted by Gasteiger charge is 2.18. The molecule has 0 radical (unpaired) electrons. The number of halogens is 1. The van der Waals surface area contributed by atoms with Crippen LogP contribution < -0.4 is 4.90 Å². The second-order valence-corrected chi connectivity index (χ2v) is 4.57. The third-order valence-corrected chi connectivity index (χ3v) is 3.30. The number of hydrogen-bond acceptors (Lipinski definition) is 3. The Hall–Kier alpha value is -0.770. The number of piperidine rings is 1. The van der Waals surface area contributed by atoms with Crippen LogP contribution in [-0.4, -0.2) is 29.4 Å². The first-order valence-corrected chi connectivity index (χ1v) is 5.91. The molecule has 0 bridgehead atoms. The number of aliphatic hydroxyl groups is 2. The van der Waals surface area contributed by atoms with Gasteiger partial charge in [0.1, 0.15) is 0 Å². The average Bonchev–Trinajstić information content (AvgIpc) is 2.30. The molecule has 1 aliphatic heterocycles. The van der Waals surface area contributed by atoms with E-state index in [0.29, 0.717) is 5.02 Å². The zero-order valence-electron chi connectivity index (χ0n) is 9.06. The molecule has 3 nitrogen and oxygen atoms in total. The molecular formula is C12H16ClNO2. The van der Waals surface area contributed by atoms with Crippen LogP contribution in [0, 0.1) is 0 Å². The van der Waals surface area contributed by atoms with E-state index in [1.54, 1.807) is 6.07 Å². The van der Waals surface area contributed by atoms with Crippen LogP contribution in [0.25, 0.3) is 0 Å². The number of hydrogen-bond donors (Lipinski definition) is 2. The molecule has 2 rings (SSSR count). The summed E-state index contributed by atoms with van der Waals surface area (Å²) in [7, 11) is 0. The van der Waals surface area contributed by atoms with E-state index in [1.165, 1.54) is 0 Å². The summed E-state index contributed by atoms with van der Waals surface area (Å²) < 4.78 is 0. The Labute approximate surface area is 100 Å². The number of aliphatic hydroxyl groups excluding tert-OH is 2. The minimum atomic E-state index is -0.174. The Balaban J connectivity index is 2.14. The quantitative estimate of drug-likeness (QED) is 0.830. The molecule has 1 aliphatic rings. The molecule has 1 aromatic carbocycles. The molecule has 0 unspecified atom stereocenters. The highest BCUT2D eigenvalue weighted by atomic mass is 35.5. The van der Waals surface area contributed by atoms with Crippen molar-refractivity contribution in [3.05, 3.63) is 28.8 Å². The monoisotopic (exact) mass is 241 g/mol. The smallest absolute Gasteiger partial charge is 0.0682 e. The van der Waals surface area contributed by atoms with Crippen molar-refractivity contribution in [3.8, 4) is 0 Å². The molecule has 0 spiro atoms. The second-order valence-electron chi connectivity index (χ2n) is 4.16. The molecule has 1 aromatic rings. The molecule has 0 amide bonds. The molecule has 4 heteroatoms. The fourth-order valence-corrected chi connectivity index (χ4v) is 2.33. The number of benzene rings is 1. The van der Waals surface area contributed by atoms with Gasteiger partial charge >= 0.3 is 0 Å². The van der Waals surface area contributed by atoms with E-state index in [-0.39, 0.29) is 12.7 Å². The van der Waals surface area contributed by atoms with Crippen molar-refractivity contribution in [2.75, 3.05) is 18.0 Å². The van der Waals surface area contributed by atoms with E-state index in [9.17, 15) is 5.11 Å². The van der Waals surface area contributed by atoms with Crippen LogP contribution in [0.1, 0.15) is 18.4 Å². The molecule has 0 atom stereocenters. The summed E-state index contributed by atoms with van der Waals surface area (Å²) in [4.78, 5) is 2.18. The minimum absolute atomic E-state index is 0.0126. The van der Waals surface area contributed by atoms with Crippen molar-refractivity contribution in [1.82, 2.24) is 0 Å². The summed E-state index contributed by atoms with van der Waals surface area (Å²) in [6.07, 6.45) is 1.41. The van der Waals surface area contributed by atoms with Crippen molar-refractivity contribution in [2.24, 2.45) is 0 Å². The lowest BCUT2D eigenvalue weighted by Gasteiger charge is -2.32. The van der Waals surface area contributed by atoms with Crippen molar-refractivity contribution in [3.63, 3.8) is 0 Å². The van der Waals surface area contributed by atoms with Gasteiger partial charge in [-0.2, -0.15) is 0 Å². The zero-order chi connectivity index (χ0) is 11.5. The van der Waals surface area contributed by atoms with Crippen molar-refractivity contribution < 1.29 is 10.2 Å². The zero-order valence-corrected chi connectivity index (χ0v) is 9.82. The van der Waals surface area contributed by atoms with Crippen LogP contribution in [0.5, 0.6) is 0 Å². The lowest BCUT2D eigenvalue weighted by atomic mass is 10.1. The summed E-state index contributed by atoms with van der Waals surface area (Å²) in [6, 6.07) is 5.61. The van der Waals surface area contributed by atoms with Crippen LogP contribution in [0.4, 0.5) is 5.69 Å². The lowest BCUT2D eigenvalue weighted by molar-refractivity contribution is 0.145. The summed E-state index contributed by atoms with van der Waals surface area (Å²) in [5.41, 5.74) is 1.82. The predicted molar refractivity (Wildman–Crippen MR) is 64.8 cm³/mol. The van der Waals surface area contributed by atoms with Crippen molar-refractivity contribution in [1.29, 1.82) is 0 Å². The molecule has 88 valence electrons. The van der Waals surface area contributed by atoms with E-state index < -0.39 is 0 Å². The number of rotatable bonds is 2. The first-order chi connectivity index (χ1) is 7.70. The van der Waals surface area contributed by atoms with Gasteiger partial charge in [-0.3, -0.25) is 0 Å².